The van der Waals surface area contributed by atoms with Crippen molar-refractivity contribution in [2.75, 3.05) is 25.0 Å². The van der Waals surface area contributed by atoms with E-state index in [1.54, 1.807) is 0 Å². The van der Waals surface area contributed by atoms with Gasteiger partial charge in [0, 0.05) is 25.3 Å². The van der Waals surface area contributed by atoms with E-state index in [0.717, 1.165) is 18.9 Å². The maximum atomic E-state index is 12.6. The molecule has 1 aromatic rings. The Morgan fingerprint density at radius 2 is 2.00 bits per heavy atom. The van der Waals surface area contributed by atoms with Crippen LogP contribution in [0.2, 0.25) is 0 Å². The topological polar surface area (TPSA) is 41.0 Å². The second-order valence-electron chi connectivity index (χ2n) is 5.14. The van der Waals surface area contributed by atoms with Crippen molar-refractivity contribution in [1.29, 1.82) is 0 Å². The molecule has 0 saturated carbocycles. The molecule has 0 spiro atoms. The number of halogens is 3. The summed E-state index contributed by atoms with van der Waals surface area (Å²) in [6.45, 7) is 3.51. The minimum atomic E-state index is -4.42. The van der Waals surface area contributed by atoms with E-state index in [1.165, 1.54) is 6.20 Å². The van der Waals surface area contributed by atoms with E-state index >= 15 is 0 Å². The molecule has 1 N–H and O–H groups in total. The van der Waals surface area contributed by atoms with Gasteiger partial charge >= 0.3 is 6.18 Å². The number of nitrogens with zero attached hydrogens (tertiary/aromatic N) is 3. The molecule has 20 heavy (non-hydrogen) atoms. The van der Waals surface area contributed by atoms with Crippen LogP contribution in [0.25, 0.3) is 0 Å². The fourth-order valence-electron chi connectivity index (χ4n) is 2.49. The molecule has 1 aliphatic heterocycles. The Balaban J connectivity index is 2.04. The van der Waals surface area contributed by atoms with Crippen molar-refractivity contribution in [2.45, 2.75) is 32.0 Å². The molecule has 0 radical (unpaired) electrons. The van der Waals surface area contributed by atoms with Crippen LogP contribution in [-0.4, -0.2) is 36.1 Å². The van der Waals surface area contributed by atoms with Crippen molar-refractivity contribution in [3.8, 4) is 0 Å². The summed E-state index contributed by atoms with van der Waals surface area (Å²) in [6.07, 6.45) is -1.38. The van der Waals surface area contributed by atoms with E-state index in [9.17, 15) is 13.2 Å². The Labute approximate surface area is 116 Å². The van der Waals surface area contributed by atoms with Crippen LogP contribution in [0.1, 0.15) is 25.5 Å². The van der Waals surface area contributed by atoms with Crippen LogP contribution in [0.15, 0.2) is 12.3 Å². The number of rotatable bonds is 3. The number of hydrogen-bond acceptors (Lipinski definition) is 4. The number of alkyl halides is 3. The normalized spacial score (nSPS) is 19.1. The van der Waals surface area contributed by atoms with Crippen molar-refractivity contribution >= 4 is 5.95 Å². The average molecular weight is 288 g/mol. The highest BCUT2D eigenvalue weighted by molar-refractivity contribution is 5.31. The van der Waals surface area contributed by atoms with Crippen LogP contribution < -0.4 is 10.2 Å². The summed E-state index contributed by atoms with van der Waals surface area (Å²) in [4.78, 5) is 9.43. The fraction of sp³-hybridized carbons (Fsp3) is 0.692. The van der Waals surface area contributed by atoms with Gasteiger partial charge in [-0.1, -0.05) is 0 Å². The molecule has 1 aromatic heterocycles. The molecule has 1 fully saturated rings. The molecule has 112 valence electrons. The number of aromatic nitrogens is 2. The van der Waals surface area contributed by atoms with Crippen LogP contribution in [0.3, 0.4) is 0 Å². The van der Waals surface area contributed by atoms with E-state index < -0.39 is 11.9 Å². The largest absolute Gasteiger partial charge is 0.433 e. The summed E-state index contributed by atoms with van der Waals surface area (Å²) in [5.74, 6) is 0.720. The molecule has 2 rings (SSSR count). The third-order valence-electron chi connectivity index (χ3n) is 3.92. The van der Waals surface area contributed by atoms with Gasteiger partial charge in [-0.15, -0.1) is 0 Å². The van der Waals surface area contributed by atoms with Gasteiger partial charge in [-0.2, -0.15) is 13.2 Å². The predicted molar refractivity (Wildman–Crippen MR) is 70.5 cm³/mol. The lowest BCUT2D eigenvalue weighted by Crippen LogP contribution is -2.41. The van der Waals surface area contributed by atoms with E-state index in [-0.39, 0.29) is 5.95 Å². The molecule has 1 unspecified atom stereocenters. The van der Waals surface area contributed by atoms with E-state index in [2.05, 4.69) is 22.2 Å². The fourth-order valence-corrected chi connectivity index (χ4v) is 2.49. The number of hydrogen-bond donors (Lipinski definition) is 1. The standard InChI is InChI=1S/C13H19F3N4/c1-9(17-2)10-4-7-20(8-5-10)12-18-6-3-11(19-12)13(14,15)16/h3,6,9-10,17H,4-5,7-8H2,1-2H3. The third-order valence-corrected chi connectivity index (χ3v) is 3.92. The Bertz CT molecular complexity index is 441. The van der Waals surface area contributed by atoms with Gasteiger partial charge < -0.3 is 10.2 Å². The molecule has 0 aromatic carbocycles. The summed E-state index contributed by atoms with van der Waals surface area (Å²) in [7, 11) is 1.92. The van der Waals surface area contributed by atoms with Gasteiger partial charge in [-0.05, 0) is 38.8 Å². The second kappa shape index (κ2) is 5.95. The van der Waals surface area contributed by atoms with Crippen molar-refractivity contribution in [3.05, 3.63) is 18.0 Å². The quantitative estimate of drug-likeness (QED) is 0.927. The van der Waals surface area contributed by atoms with Crippen molar-refractivity contribution in [2.24, 2.45) is 5.92 Å². The Hall–Kier alpha value is -1.37. The predicted octanol–water partition coefficient (Wildman–Crippen LogP) is 2.32. The minimum absolute atomic E-state index is 0.176. The SMILES string of the molecule is CNC(C)C1CCN(c2nccc(C(F)(F)F)n2)CC1. The molecule has 2 heterocycles. The monoisotopic (exact) mass is 288 g/mol. The maximum Gasteiger partial charge on any atom is 0.433 e. The summed E-state index contributed by atoms with van der Waals surface area (Å²) < 4.78 is 37.9. The van der Waals surface area contributed by atoms with Gasteiger partial charge in [-0.25, -0.2) is 9.97 Å². The second-order valence-corrected chi connectivity index (χ2v) is 5.14. The number of anilines is 1. The maximum absolute atomic E-state index is 12.6. The van der Waals surface area contributed by atoms with Crippen molar-refractivity contribution < 1.29 is 13.2 Å². The zero-order chi connectivity index (χ0) is 14.8. The summed E-state index contributed by atoms with van der Waals surface area (Å²) in [6, 6.07) is 1.32. The first-order chi connectivity index (χ1) is 9.41. The summed E-state index contributed by atoms with van der Waals surface area (Å²) in [5, 5.41) is 3.22. The van der Waals surface area contributed by atoms with Gasteiger partial charge in [0.05, 0.1) is 0 Å². The Kier molecular flexibility index (Phi) is 4.47. The summed E-state index contributed by atoms with van der Waals surface area (Å²) >= 11 is 0. The average Bonchev–Trinajstić information content (AvgIpc) is 2.46. The van der Waals surface area contributed by atoms with Gasteiger partial charge in [0.2, 0.25) is 5.95 Å². The lowest BCUT2D eigenvalue weighted by molar-refractivity contribution is -0.141. The van der Waals surface area contributed by atoms with Crippen molar-refractivity contribution in [1.82, 2.24) is 15.3 Å². The van der Waals surface area contributed by atoms with Crippen LogP contribution in [0.4, 0.5) is 19.1 Å². The highest BCUT2D eigenvalue weighted by Crippen LogP contribution is 2.29. The Morgan fingerprint density at radius 3 is 2.55 bits per heavy atom. The van der Waals surface area contributed by atoms with E-state index in [0.29, 0.717) is 25.0 Å². The molecular weight excluding hydrogens is 269 g/mol. The highest BCUT2D eigenvalue weighted by atomic mass is 19.4. The van der Waals surface area contributed by atoms with Crippen molar-refractivity contribution in [3.63, 3.8) is 0 Å². The molecule has 1 atom stereocenters. The number of nitrogens with one attached hydrogen (secondary N) is 1. The van der Waals surface area contributed by atoms with E-state index in [4.69, 9.17) is 0 Å². The molecule has 0 aliphatic carbocycles. The first-order valence-corrected chi connectivity index (χ1v) is 6.74. The van der Waals surface area contributed by atoms with Gasteiger partial charge in [-0.3, -0.25) is 0 Å². The van der Waals surface area contributed by atoms with Crippen LogP contribution in [0, 0.1) is 5.92 Å². The van der Waals surface area contributed by atoms with Gasteiger partial charge in [0.25, 0.3) is 0 Å². The molecule has 1 aliphatic rings. The Morgan fingerprint density at radius 1 is 1.35 bits per heavy atom. The minimum Gasteiger partial charge on any atom is -0.341 e. The zero-order valence-corrected chi connectivity index (χ0v) is 11.6. The van der Waals surface area contributed by atoms with Crippen LogP contribution in [0.5, 0.6) is 0 Å². The van der Waals surface area contributed by atoms with Gasteiger partial charge in [0.15, 0.2) is 0 Å². The lowest BCUT2D eigenvalue weighted by atomic mass is 9.90. The molecule has 0 bridgehead atoms. The zero-order valence-electron chi connectivity index (χ0n) is 11.6. The molecule has 4 nitrogen and oxygen atoms in total. The summed E-state index contributed by atoms with van der Waals surface area (Å²) in [5.41, 5.74) is -0.881. The van der Waals surface area contributed by atoms with Crippen LogP contribution >= 0.6 is 0 Å². The molecule has 1 saturated heterocycles. The van der Waals surface area contributed by atoms with E-state index in [1.807, 2.05) is 11.9 Å². The molecule has 7 heteroatoms. The van der Waals surface area contributed by atoms with Gasteiger partial charge in [0.1, 0.15) is 5.69 Å². The molecular formula is C13H19F3N4. The lowest BCUT2D eigenvalue weighted by Gasteiger charge is -2.34. The van der Waals surface area contributed by atoms with Crippen LogP contribution in [-0.2, 0) is 6.18 Å². The first-order valence-electron chi connectivity index (χ1n) is 6.74. The number of piperidine rings is 1. The first kappa shape index (κ1) is 15.0. The highest BCUT2D eigenvalue weighted by Gasteiger charge is 2.33. The smallest absolute Gasteiger partial charge is 0.341 e. The third kappa shape index (κ3) is 3.39. The molecule has 0 amide bonds.